The highest BCUT2D eigenvalue weighted by molar-refractivity contribution is 6.12. The first-order valence-electron chi connectivity index (χ1n) is 8.16. The highest BCUT2D eigenvalue weighted by atomic mass is 16.5. The molecule has 0 unspecified atom stereocenters. The van der Waals surface area contributed by atoms with Crippen LogP contribution in [0, 0.1) is 6.92 Å². The zero-order valence-corrected chi connectivity index (χ0v) is 13.7. The van der Waals surface area contributed by atoms with Crippen LogP contribution >= 0.6 is 0 Å². The Bertz CT molecular complexity index is 888. The van der Waals surface area contributed by atoms with E-state index in [4.69, 9.17) is 4.52 Å². The molecule has 128 valence electrons. The zero-order valence-electron chi connectivity index (χ0n) is 13.7. The summed E-state index contributed by atoms with van der Waals surface area (Å²) in [7, 11) is 0. The van der Waals surface area contributed by atoms with Gasteiger partial charge in [0.05, 0.1) is 5.41 Å². The van der Waals surface area contributed by atoms with Gasteiger partial charge in [0.2, 0.25) is 17.7 Å². The molecule has 3 amide bonds. The number of aromatic nitrogens is 1. The molecular formula is C18H17N3O4. The summed E-state index contributed by atoms with van der Waals surface area (Å²) in [6.07, 6.45) is 1.50. The predicted molar refractivity (Wildman–Crippen MR) is 87.6 cm³/mol. The zero-order chi connectivity index (χ0) is 17.6. The minimum absolute atomic E-state index is 0.124. The number of likely N-dealkylation sites (tertiary alicyclic amines) is 1. The lowest BCUT2D eigenvalue weighted by Crippen LogP contribution is -2.41. The Labute approximate surface area is 144 Å². The van der Waals surface area contributed by atoms with E-state index in [1.54, 1.807) is 13.0 Å². The average Bonchev–Trinajstić information content (AvgIpc) is 3.22. The van der Waals surface area contributed by atoms with Gasteiger partial charge >= 0.3 is 0 Å². The van der Waals surface area contributed by atoms with E-state index in [1.807, 2.05) is 24.3 Å². The summed E-state index contributed by atoms with van der Waals surface area (Å²) in [5, 5.41) is 6.21. The smallest absolute Gasteiger partial charge is 0.245 e. The van der Waals surface area contributed by atoms with Crippen LogP contribution in [-0.2, 0) is 26.2 Å². The van der Waals surface area contributed by atoms with E-state index in [-0.39, 0.29) is 30.6 Å². The van der Waals surface area contributed by atoms with Crippen LogP contribution in [0.2, 0.25) is 0 Å². The Hall–Kier alpha value is -2.96. The van der Waals surface area contributed by atoms with Gasteiger partial charge in [-0.25, -0.2) is 0 Å². The van der Waals surface area contributed by atoms with Gasteiger partial charge < -0.3 is 9.84 Å². The fraction of sp³-hybridized carbons (Fsp3) is 0.333. The second-order valence-electron chi connectivity index (χ2n) is 6.57. The largest absolute Gasteiger partial charge is 0.360 e. The van der Waals surface area contributed by atoms with Crippen LogP contribution in [0.3, 0.4) is 0 Å². The summed E-state index contributed by atoms with van der Waals surface area (Å²) < 4.78 is 4.88. The molecule has 7 nitrogen and oxygen atoms in total. The molecule has 1 N–H and O–H groups in total. The van der Waals surface area contributed by atoms with Crippen LogP contribution < -0.4 is 5.32 Å². The number of hydrogen-bond donors (Lipinski definition) is 1. The number of nitrogens with zero attached hydrogens (tertiary/aromatic N) is 2. The molecule has 1 aromatic carbocycles. The highest BCUT2D eigenvalue weighted by Gasteiger charge is 2.55. The highest BCUT2D eigenvalue weighted by Crippen LogP contribution is 2.46. The van der Waals surface area contributed by atoms with Crippen LogP contribution in [0.1, 0.15) is 29.7 Å². The van der Waals surface area contributed by atoms with Crippen LogP contribution in [0.4, 0.5) is 5.82 Å². The number of anilines is 1. The lowest BCUT2D eigenvalue weighted by molar-refractivity contribution is -0.142. The molecule has 0 bridgehead atoms. The summed E-state index contributed by atoms with van der Waals surface area (Å²) in [6.45, 7) is 1.39. The summed E-state index contributed by atoms with van der Waals surface area (Å²) in [4.78, 5) is 38.7. The van der Waals surface area contributed by atoms with Gasteiger partial charge in [0.1, 0.15) is 12.3 Å². The lowest BCUT2D eigenvalue weighted by Gasteiger charge is -2.22. The first-order chi connectivity index (χ1) is 12.0. The Balaban J connectivity index is 1.53. The third-order valence-corrected chi connectivity index (χ3v) is 4.96. The Morgan fingerprint density at radius 2 is 2.16 bits per heavy atom. The number of aryl methyl sites for hydroxylation is 2. The number of carbonyl (C=O) groups excluding carboxylic acids is 3. The maximum Gasteiger partial charge on any atom is 0.245 e. The van der Waals surface area contributed by atoms with Crippen molar-refractivity contribution >= 4 is 23.5 Å². The average molecular weight is 339 g/mol. The molecular weight excluding hydrogens is 322 g/mol. The molecule has 1 saturated heterocycles. The number of hydrogen-bond acceptors (Lipinski definition) is 5. The number of fused-ring (bicyclic) bond motifs is 2. The van der Waals surface area contributed by atoms with Gasteiger partial charge in [-0.3, -0.25) is 19.3 Å². The molecule has 1 aliphatic heterocycles. The summed E-state index contributed by atoms with van der Waals surface area (Å²) in [5.41, 5.74) is 1.22. The van der Waals surface area contributed by atoms with Crippen molar-refractivity contribution in [2.45, 2.75) is 31.6 Å². The number of benzene rings is 1. The number of nitrogens with one attached hydrogen (secondary N) is 1. The number of carbonyl (C=O) groups is 3. The first-order valence-corrected chi connectivity index (χ1v) is 8.16. The van der Waals surface area contributed by atoms with Crippen molar-refractivity contribution in [3.05, 3.63) is 47.2 Å². The van der Waals surface area contributed by atoms with Crippen molar-refractivity contribution in [2.24, 2.45) is 0 Å². The van der Waals surface area contributed by atoms with Crippen molar-refractivity contribution in [3.8, 4) is 0 Å². The standard InChI is InChI=1S/C18H17N3O4/c1-11-8-14(20-25-11)19-15(22)10-21-16(23)9-18(17(21)24)7-6-12-4-2-3-5-13(12)18/h2-5,8H,6-7,9-10H2,1H3,(H,19,20,22)/t18-/m0/s1. The molecule has 1 aliphatic carbocycles. The van der Waals surface area contributed by atoms with Gasteiger partial charge in [-0.1, -0.05) is 29.4 Å². The maximum absolute atomic E-state index is 13.0. The summed E-state index contributed by atoms with van der Waals surface area (Å²) >= 11 is 0. The summed E-state index contributed by atoms with van der Waals surface area (Å²) in [5.74, 6) is -0.242. The van der Waals surface area contributed by atoms with Gasteiger partial charge in [-0.2, -0.15) is 0 Å². The minimum atomic E-state index is -0.807. The van der Waals surface area contributed by atoms with Gasteiger partial charge in [-0.05, 0) is 30.9 Å². The van der Waals surface area contributed by atoms with E-state index in [0.717, 1.165) is 22.4 Å². The molecule has 1 spiro atoms. The van der Waals surface area contributed by atoms with Gasteiger partial charge in [0.15, 0.2) is 5.82 Å². The van der Waals surface area contributed by atoms with Crippen LogP contribution in [0.5, 0.6) is 0 Å². The molecule has 4 rings (SSSR count). The van der Waals surface area contributed by atoms with E-state index in [9.17, 15) is 14.4 Å². The topological polar surface area (TPSA) is 92.5 Å². The Morgan fingerprint density at radius 1 is 1.36 bits per heavy atom. The van der Waals surface area contributed by atoms with E-state index >= 15 is 0 Å². The lowest BCUT2D eigenvalue weighted by atomic mass is 9.80. The van der Waals surface area contributed by atoms with E-state index in [2.05, 4.69) is 10.5 Å². The normalized spacial score (nSPS) is 21.9. The van der Waals surface area contributed by atoms with Crippen molar-refractivity contribution < 1.29 is 18.9 Å². The quantitative estimate of drug-likeness (QED) is 0.857. The minimum Gasteiger partial charge on any atom is -0.360 e. The number of imide groups is 1. The van der Waals surface area contributed by atoms with E-state index < -0.39 is 11.3 Å². The molecule has 2 aromatic rings. The summed E-state index contributed by atoms with van der Waals surface area (Å²) in [6, 6.07) is 9.29. The molecule has 25 heavy (non-hydrogen) atoms. The Kier molecular flexibility index (Phi) is 3.45. The molecule has 0 radical (unpaired) electrons. The molecule has 7 heteroatoms. The molecule has 1 fully saturated rings. The maximum atomic E-state index is 13.0. The van der Waals surface area contributed by atoms with E-state index in [0.29, 0.717) is 12.2 Å². The van der Waals surface area contributed by atoms with Crippen LogP contribution in [0.15, 0.2) is 34.9 Å². The SMILES string of the molecule is Cc1cc(NC(=O)CN2C(=O)C[C@]3(CCc4ccccc43)C2=O)no1. The van der Waals surface area contributed by atoms with Crippen LogP contribution in [0.25, 0.3) is 0 Å². The third kappa shape index (κ3) is 2.43. The Morgan fingerprint density at radius 3 is 2.92 bits per heavy atom. The van der Waals surface area contributed by atoms with Crippen molar-refractivity contribution in [1.29, 1.82) is 0 Å². The first kappa shape index (κ1) is 15.6. The molecule has 1 aromatic heterocycles. The van der Waals surface area contributed by atoms with Gasteiger partial charge in [-0.15, -0.1) is 0 Å². The molecule has 0 saturated carbocycles. The van der Waals surface area contributed by atoms with Crippen molar-refractivity contribution in [2.75, 3.05) is 11.9 Å². The van der Waals surface area contributed by atoms with E-state index in [1.165, 1.54) is 0 Å². The fourth-order valence-corrected chi connectivity index (χ4v) is 3.81. The molecule has 2 aliphatic rings. The fourth-order valence-electron chi connectivity index (χ4n) is 3.81. The van der Waals surface area contributed by atoms with Gasteiger partial charge in [0.25, 0.3) is 0 Å². The molecule has 1 atom stereocenters. The number of rotatable bonds is 3. The van der Waals surface area contributed by atoms with Gasteiger partial charge in [0, 0.05) is 12.5 Å². The molecule has 2 heterocycles. The van der Waals surface area contributed by atoms with Crippen molar-refractivity contribution in [3.63, 3.8) is 0 Å². The number of amides is 3. The van der Waals surface area contributed by atoms with Crippen LogP contribution in [-0.4, -0.2) is 34.3 Å². The van der Waals surface area contributed by atoms with Crippen molar-refractivity contribution in [1.82, 2.24) is 10.1 Å². The second-order valence-corrected chi connectivity index (χ2v) is 6.57. The predicted octanol–water partition coefficient (Wildman–Crippen LogP) is 1.56. The second kappa shape index (κ2) is 5.54. The third-order valence-electron chi connectivity index (χ3n) is 4.96. The monoisotopic (exact) mass is 339 g/mol.